The summed E-state index contributed by atoms with van der Waals surface area (Å²) in [5.74, 6) is 0. The van der Waals surface area contributed by atoms with Crippen molar-refractivity contribution in [2.24, 2.45) is 0 Å². The maximum Gasteiger partial charge on any atom is 0.418 e. The van der Waals surface area contributed by atoms with E-state index in [1.165, 1.54) is 18.2 Å². The van der Waals surface area contributed by atoms with Crippen molar-refractivity contribution in [3.8, 4) is 0 Å². The Morgan fingerprint density at radius 1 is 1.14 bits per heavy atom. The molecule has 0 aliphatic heterocycles. The number of carbonyl (C=O) groups excluding carboxylic acids is 1. The quantitative estimate of drug-likeness (QED) is 0.648. The van der Waals surface area contributed by atoms with Gasteiger partial charge in [-0.05, 0) is 37.8 Å². The Hall–Kier alpha value is -1.96. The van der Waals surface area contributed by atoms with Crippen molar-refractivity contribution in [3.63, 3.8) is 0 Å². The number of para-hydroxylation sites is 1. The van der Waals surface area contributed by atoms with Crippen LogP contribution in [-0.2, 0) is 6.18 Å². The molecule has 2 amide bonds. The zero-order valence-corrected chi connectivity index (χ0v) is 11.8. The molecule has 8 heteroatoms. The Bertz CT molecular complexity index is 514. The van der Waals surface area contributed by atoms with E-state index in [2.05, 4.69) is 16.2 Å². The molecule has 1 aliphatic carbocycles. The van der Waals surface area contributed by atoms with E-state index >= 15 is 0 Å². The number of anilines is 1. The summed E-state index contributed by atoms with van der Waals surface area (Å²) in [6.45, 7) is 0. The van der Waals surface area contributed by atoms with E-state index in [-0.39, 0.29) is 17.8 Å². The standard InChI is InChI=1S/C14H18F3N3O2/c15-14(16,17)11-3-1-2-4-12(11)19-20-13(22)18-9-5-7-10(21)8-6-9/h1-4,9-10,19,21H,5-8H2,(H2,18,20,22). The second-order valence-corrected chi connectivity index (χ2v) is 5.27. The van der Waals surface area contributed by atoms with Crippen molar-refractivity contribution in [3.05, 3.63) is 29.8 Å². The van der Waals surface area contributed by atoms with Crippen LogP contribution in [0.2, 0.25) is 0 Å². The summed E-state index contributed by atoms with van der Waals surface area (Å²) in [6.07, 6.45) is -2.33. The minimum absolute atomic E-state index is 0.0805. The van der Waals surface area contributed by atoms with Gasteiger partial charge < -0.3 is 10.4 Å². The summed E-state index contributed by atoms with van der Waals surface area (Å²) < 4.78 is 38.4. The van der Waals surface area contributed by atoms with Gasteiger partial charge in [0.1, 0.15) is 0 Å². The Kier molecular flexibility index (Phi) is 5.12. The third-order valence-corrected chi connectivity index (χ3v) is 3.58. The fraction of sp³-hybridized carbons (Fsp3) is 0.500. The Morgan fingerprint density at radius 3 is 2.41 bits per heavy atom. The number of halogens is 3. The monoisotopic (exact) mass is 317 g/mol. The third kappa shape index (κ3) is 4.52. The number of nitrogens with one attached hydrogen (secondary N) is 3. The number of aliphatic hydroxyl groups is 1. The number of amides is 2. The van der Waals surface area contributed by atoms with E-state index in [1.807, 2.05) is 0 Å². The first-order valence-electron chi connectivity index (χ1n) is 7.03. The van der Waals surface area contributed by atoms with Crippen molar-refractivity contribution in [2.45, 2.75) is 44.0 Å². The number of alkyl halides is 3. The third-order valence-electron chi connectivity index (χ3n) is 3.58. The summed E-state index contributed by atoms with van der Waals surface area (Å²) >= 11 is 0. The van der Waals surface area contributed by atoms with Crippen LogP contribution in [0.3, 0.4) is 0 Å². The van der Waals surface area contributed by atoms with E-state index in [9.17, 15) is 23.1 Å². The molecule has 22 heavy (non-hydrogen) atoms. The number of hydrogen-bond donors (Lipinski definition) is 4. The van der Waals surface area contributed by atoms with Gasteiger partial charge in [-0.1, -0.05) is 12.1 Å². The fourth-order valence-electron chi connectivity index (χ4n) is 2.41. The van der Waals surface area contributed by atoms with Crippen molar-refractivity contribution in [2.75, 3.05) is 5.43 Å². The van der Waals surface area contributed by atoms with Gasteiger partial charge in [-0.15, -0.1) is 0 Å². The predicted octanol–water partition coefficient (Wildman–Crippen LogP) is 2.64. The zero-order chi connectivity index (χ0) is 16.2. The first-order valence-corrected chi connectivity index (χ1v) is 7.03. The van der Waals surface area contributed by atoms with Crippen LogP contribution in [0.15, 0.2) is 24.3 Å². The first kappa shape index (κ1) is 16.4. The van der Waals surface area contributed by atoms with E-state index in [0.29, 0.717) is 25.7 Å². The maximum atomic E-state index is 12.8. The number of aliphatic hydroxyl groups excluding tert-OH is 1. The zero-order valence-electron chi connectivity index (χ0n) is 11.8. The summed E-state index contributed by atoms with van der Waals surface area (Å²) in [7, 11) is 0. The summed E-state index contributed by atoms with van der Waals surface area (Å²) in [5, 5.41) is 12.0. The largest absolute Gasteiger partial charge is 0.418 e. The molecule has 122 valence electrons. The molecule has 0 atom stereocenters. The molecule has 0 bridgehead atoms. The van der Waals surface area contributed by atoms with Crippen LogP contribution < -0.4 is 16.2 Å². The second kappa shape index (κ2) is 6.87. The van der Waals surface area contributed by atoms with Crippen molar-refractivity contribution in [1.82, 2.24) is 10.7 Å². The molecule has 1 aromatic rings. The van der Waals surface area contributed by atoms with Crippen LogP contribution in [0.5, 0.6) is 0 Å². The molecule has 0 saturated heterocycles. The lowest BCUT2D eigenvalue weighted by Crippen LogP contribution is -2.46. The molecule has 0 heterocycles. The summed E-state index contributed by atoms with van der Waals surface area (Å²) in [5.41, 5.74) is 3.42. The highest BCUT2D eigenvalue weighted by Gasteiger charge is 2.33. The average molecular weight is 317 g/mol. The molecule has 4 N–H and O–H groups in total. The molecule has 2 rings (SSSR count). The molecule has 1 aromatic carbocycles. The highest BCUT2D eigenvalue weighted by Crippen LogP contribution is 2.34. The molecule has 1 fully saturated rings. The highest BCUT2D eigenvalue weighted by molar-refractivity contribution is 5.76. The van der Waals surface area contributed by atoms with Gasteiger partial charge in [0.15, 0.2) is 0 Å². The number of rotatable bonds is 3. The molecule has 5 nitrogen and oxygen atoms in total. The number of hydrogen-bond acceptors (Lipinski definition) is 3. The summed E-state index contributed by atoms with van der Waals surface area (Å²) in [6, 6.07) is 4.22. The van der Waals surface area contributed by atoms with Gasteiger partial charge >= 0.3 is 12.2 Å². The molecule has 1 saturated carbocycles. The van der Waals surface area contributed by atoms with Crippen LogP contribution in [0, 0.1) is 0 Å². The van der Waals surface area contributed by atoms with Crippen molar-refractivity contribution >= 4 is 11.7 Å². The number of carbonyl (C=O) groups is 1. The lowest BCUT2D eigenvalue weighted by atomic mass is 9.93. The van der Waals surface area contributed by atoms with E-state index in [4.69, 9.17) is 0 Å². The predicted molar refractivity (Wildman–Crippen MR) is 75.0 cm³/mol. The van der Waals surface area contributed by atoms with Gasteiger partial charge in [-0.25, -0.2) is 4.79 Å². The molecular weight excluding hydrogens is 299 g/mol. The minimum atomic E-state index is -4.50. The molecule has 0 aromatic heterocycles. The second-order valence-electron chi connectivity index (χ2n) is 5.27. The number of urea groups is 1. The topological polar surface area (TPSA) is 73.4 Å². The first-order chi connectivity index (χ1) is 10.4. The maximum absolute atomic E-state index is 12.8. The smallest absolute Gasteiger partial charge is 0.393 e. The van der Waals surface area contributed by atoms with E-state index in [1.54, 1.807) is 0 Å². The molecule has 0 radical (unpaired) electrons. The van der Waals surface area contributed by atoms with Crippen LogP contribution >= 0.6 is 0 Å². The SMILES string of the molecule is O=C(NNc1ccccc1C(F)(F)F)NC1CCC(O)CC1. The van der Waals surface area contributed by atoms with Gasteiger partial charge in [-0.2, -0.15) is 13.2 Å². The van der Waals surface area contributed by atoms with Gasteiger partial charge in [0.05, 0.1) is 17.4 Å². The van der Waals surface area contributed by atoms with Crippen LogP contribution in [0.4, 0.5) is 23.7 Å². The Labute approximate surface area is 125 Å². The fourth-order valence-corrected chi connectivity index (χ4v) is 2.41. The highest BCUT2D eigenvalue weighted by atomic mass is 19.4. The normalized spacial score (nSPS) is 22.0. The van der Waals surface area contributed by atoms with Crippen LogP contribution in [-0.4, -0.2) is 23.3 Å². The number of benzene rings is 1. The Morgan fingerprint density at radius 2 is 1.77 bits per heavy atom. The van der Waals surface area contributed by atoms with E-state index in [0.717, 1.165) is 6.07 Å². The summed E-state index contributed by atoms with van der Waals surface area (Å²) in [4.78, 5) is 11.7. The molecule has 0 unspecified atom stereocenters. The molecule has 0 spiro atoms. The molecule has 1 aliphatic rings. The van der Waals surface area contributed by atoms with Gasteiger partial charge in [0.2, 0.25) is 0 Å². The minimum Gasteiger partial charge on any atom is -0.393 e. The molecular formula is C14H18F3N3O2. The lowest BCUT2D eigenvalue weighted by molar-refractivity contribution is -0.137. The number of hydrazine groups is 1. The van der Waals surface area contributed by atoms with Gasteiger partial charge in [0, 0.05) is 6.04 Å². The van der Waals surface area contributed by atoms with Gasteiger partial charge in [0.25, 0.3) is 0 Å². The van der Waals surface area contributed by atoms with Crippen LogP contribution in [0.25, 0.3) is 0 Å². The van der Waals surface area contributed by atoms with E-state index < -0.39 is 17.8 Å². The Balaban J connectivity index is 1.87. The van der Waals surface area contributed by atoms with Gasteiger partial charge in [-0.3, -0.25) is 10.9 Å². The van der Waals surface area contributed by atoms with Crippen molar-refractivity contribution < 1.29 is 23.1 Å². The van der Waals surface area contributed by atoms with Crippen LogP contribution in [0.1, 0.15) is 31.2 Å². The average Bonchev–Trinajstić information content (AvgIpc) is 2.47. The van der Waals surface area contributed by atoms with Crippen molar-refractivity contribution in [1.29, 1.82) is 0 Å². The lowest BCUT2D eigenvalue weighted by Gasteiger charge is -2.26.